The molecule has 14 heavy (non-hydrogen) atoms. The van der Waals surface area contributed by atoms with Crippen molar-refractivity contribution >= 4 is 0 Å². The summed E-state index contributed by atoms with van der Waals surface area (Å²) in [6.07, 6.45) is 7.03. The lowest BCUT2D eigenvalue weighted by Gasteiger charge is -2.51. The summed E-state index contributed by atoms with van der Waals surface area (Å²) in [6, 6.07) is 0.730. The van der Waals surface area contributed by atoms with Crippen LogP contribution in [-0.4, -0.2) is 36.1 Å². The predicted octanol–water partition coefficient (Wildman–Crippen LogP) is 2.00. The van der Waals surface area contributed by atoms with Crippen molar-refractivity contribution in [2.45, 2.75) is 57.5 Å². The third-order valence-corrected chi connectivity index (χ3v) is 4.06. The molecule has 0 unspecified atom stereocenters. The molecular weight excluding hydrogens is 172 g/mol. The van der Waals surface area contributed by atoms with E-state index in [1.807, 2.05) is 0 Å². The topological polar surface area (TPSA) is 15.3 Å². The standard InChI is InChI=1S/C12H24N2/c1-11(2)14-10-4-3-5-12(14)6-8-13-9-7-12/h11,13H,3-10H2,1-2H3. The molecule has 0 aromatic rings. The molecule has 0 amide bonds. The number of nitrogens with zero attached hydrogens (tertiary/aromatic N) is 1. The van der Waals surface area contributed by atoms with Crippen LogP contribution in [0.1, 0.15) is 46.0 Å². The van der Waals surface area contributed by atoms with Crippen LogP contribution in [0.2, 0.25) is 0 Å². The second kappa shape index (κ2) is 4.19. The van der Waals surface area contributed by atoms with Crippen molar-refractivity contribution in [1.82, 2.24) is 10.2 Å². The van der Waals surface area contributed by atoms with E-state index in [1.165, 1.54) is 51.7 Å². The molecule has 0 saturated carbocycles. The van der Waals surface area contributed by atoms with Crippen LogP contribution in [0.15, 0.2) is 0 Å². The summed E-state index contributed by atoms with van der Waals surface area (Å²) in [5, 5.41) is 3.49. The number of rotatable bonds is 1. The number of hydrogen-bond acceptors (Lipinski definition) is 2. The molecule has 1 spiro atoms. The zero-order valence-corrected chi connectivity index (χ0v) is 9.68. The van der Waals surface area contributed by atoms with Crippen molar-refractivity contribution in [1.29, 1.82) is 0 Å². The molecule has 0 aromatic heterocycles. The summed E-state index contributed by atoms with van der Waals surface area (Å²) in [5.41, 5.74) is 0.567. The van der Waals surface area contributed by atoms with Gasteiger partial charge in [0, 0.05) is 11.6 Å². The van der Waals surface area contributed by atoms with Crippen LogP contribution in [0.5, 0.6) is 0 Å². The molecule has 2 aliphatic heterocycles. The molecule has 2 saturated heterocycles. The van der Waals surface area contributed by atoms with E-state index in [0.29, 0.717) is 5.54 Å². The molecule has 1 N–H and O–H groups in total. The maximum atomic E-state index is 3.49. The largest absolute Gasteiger partial charge is 0.317 e. The fourth-order valence-electron chi connectivity index (χ4n) is 3.35. The Morgan fingerprint density at radius 3 is 2.43 bits per heavy atom. The average molecular weight is 196 g/mol. The van der Waals surface area contributed by atoms with Crippen molar-refractivity contribution in [3.05, 3.63) is 0 Å². The van der Waals surface area contributed by atoms with Crippen molar-refractivity contribution in [2.75, 3.05) is 19.6 Å². The quantitative estimate of drug-likeness (QED) is 0.690. The molecule has 2 fully saturated rings. The molecule has 0 aromatic carbocycles. The second-order valence-electron chi connectivity index (χ2n) is 5.22. The zero-order valence-electron chi connectivity index (χ0n) is 9.68. The van der Waals surface area contributed by atoms with E-state index in [0.717, 1.165) is 6.04 Å². The first kappa shape index (κ1) is 10.4. The number of likely N-dealkylation sites (tertiary alicyclic amines) is 1. The molecule has 0 bridgehead atoms. The summed E-state index contributed by atoms with van der Waals surface area (Å²) < 4.78 is 0. The van der Waals surface area contributed by atoms with Crippen LogP contribution in [-0.2, 0) is 0 Å². The Bertz CT molecular complexity index is 174. The summed E-state index contributed by atoms with van der Waals surface area (Å²) in [6.45, 7) is 8.49. The minimum absolute atomic E-state index is 0.567. The Balaban J connectivity index is 2.10. The van der Waals surface area contributed by atoms with E-state index in [4.69, 9.17) is 0 Å². The van der Waals surface area contributed by atoms with Crippen molar-refractivity contribution < 1.29 is 0 Å². The van der Waals surface area contributed by atoms with Gasteiger partial charge in [-0.2, -0.15) is 0 Å². The Morgan fingerprint density at radius 1 is 1.07 bits per heavy atom. The van der Waals surface area contributed by atoms with E-state index in [2.05, 4.69) is 24.1 Å². The maximum Gasteiger partial charge on any atom is 0.0236 e. The lowest BCUT2D eigenvalue weighted by Crippen LogP contribution is -2.59. The summed E-state index contributed by atoms with van der Waals surface area (Å²) in [4.78, 5) is 2.78. The highest BCUT2D eigenvalue weighted by Gasteiger charge is 2.40. The van der Waals surface area contributed by atoms with E-state index in [-0.39, 0.29) is 0 Å². The van der Waals surface area contributed by atoms with Crippen LogP contribution in [0, 0.1) is 0 Å². The van der Waals surface area contributed by atoms with Gasteiger partial charge in [0.15, 0.2) is 0 Å². The molecule has 0 atom stereocenters. The number of nitrogens with one attached hydrogen (secondary N) is 1. The summed E-state index contributed by atoms with van der Waals surface area (Å²) >= 11 is 0. The van der Waals surface area contributed by atoms with Crippen LogP contribution in [0.25, 0.3) is 0 Å². The Kier molecular flexibility index (Phi) is 3.13. The fourth-order valence-corrected chi connectivity index (χ4v) is 3.35. The fraction of sp³-hybridized carbons (Fsp3) is 1.00. The van der Waals surface area contributed by atoms with Gasteiger partial charge in [0.2, 0.25) is 0 Å². The van der Waals surface area contributed by atoms with Gasteiger partial charge in [-0.25, -0.2) is 0 Å². The summed E-state index contributed by atoms with van der Waals surface area (Å²) in [5.74, 6) is 0. The van der Waals surface area contributed by atoms with Crippen LogP contribution < -0.4 is 5.32 Å². The van der Waals surface area contributed by atoms with Gasteiger partial charge in [-0.1, -0.05) is 6.42 Å². The van der Waals surface area contributed by atoms with Crippen LogP contribution >= 0.6 is 0 Å². The Labute approximate surface area is 88.1 Å². The van der Waals surface area contributed by atoms with E-state index in [9.17, 15) is 0 Å². The van der Waals surface area contributed by atoms with E-state index < -0.39 is 0 Å². The molecule has 0 aliphatic carbocycles. The highest BCUT2D eigenvalue weighted by molar-refractivity contribution is 4.97. The minimum Gasteiger partial charge on any atom is -0.317 e. The second-order valence-corrected chi connectivity index (χ2v) is 5.22. The third kappa shape index (κ3) is 1.82. The SMILES string of the molecule is CC(C)N1CCCCC12CCNCC2. The Morgan fingerprint density at radius 2 is 1.79 bits per heavy atom. The normalized spacial score (nSPS) is 28.5. The molecule has 2 nitrogen and oxygen atoms in total. The monoisotopic (exact) mass is 196 g/mol. The van der Waals surface area contributed by atoms with Gasteiger partial charge in [0.1, 0.15) is 0 Å². The van der Waals surface area contributed by atoms with Gasteiger partial charge in [0.25, 0.3) is 0 Å². The first-order valence-corrected chi connectivity index (χ1v) is 6.22. The maximum absolute atomic E-state index is 3.49. The van der Waals surface area contributed by atoms with E-state index in [1.54, 1.807) is 0 Å². The lowest BCUT2D eigenvalue weighted by molar-refractivity contribution is -0.00336. The highest BCUT2D eigenvalue weighted by atomic mass is 15.2. The first-order chi connectivity index (χ1) is 6.75. The molecule has 2 aliphatic rings. The van der Waals surface area contributed by atoms with Crippen LogP contribution in [0.4, 0.5) is 0 Å². The van der Waals surface area contributed by atoms with Gasteiger partial charge < -0.3 is 5.32 Å². The Hall–Kier alpha value is -0.0800. The smallest absolute Gasteiger partial charge is 0.0236 e. The number of piperidine rings is 2. The molecule has 0 radical (unpaired) electrons. The van der Waals surface area contributed by atoms with Crippen LogP contribution in [0.3, 0.4) is 0 Å². The van der Waals surface area contributed by atoms with Crippen molar-refractivity contribution in [3.63, 3.8) is 0 Å². The van der Waals surface area contributed by atoms with Gasteiger partial charge in [-0.3, -0.25) is 4.90 Å². The summed E-state index contributed by atoms with van der Waals surface area (Å²) in [7, 11) is 0. The third-order valence-electron chi connectivity index (χ3n) is 4.06. The first-order valence-electron chi connectivity index (χ1n) is 6.22. The van der Waals surface area contributed by atoms with Gasteiger partial charge in [-0.15, -0.1) is 0 Å². The van der Waals surface area contributed by atoms with E-state index >= 15 is 0 Å². The van der Waals surface area contributed by atoms with Gasteiger partial charge >= 0.3 is 0 Å². The minimum atomic E-state index is 0.567. The predicted molar refractivity (Wildman–Crippen MR) is 60.5 cm³/mol. The molecule has 2 rings (SSSR count). The molecular formula is C12H24N2. The molecule has 82 valence electrons. The average Bonchev–Trinajstić information content (AvgIpc) is 2.19. The van der Waals surface area contributed by atoms with Crippen molar-refractivity contribution in [3.8, 4) is 0 Å². The van der Waals surface area contributed by atoms with Gasteiger partial charge in [0.05, 0.1) is 0 Å². The molecule has 2 heterocycles. The molecule has 2 heteroatoms. The number of hydrogen-bond donors (Lipinski definition) is 1. The van der Waals surface area contributed by atoms with Crippen molar-refractivity contribution in [2.24, 2.45) is 0 Å². The zero-order chi connectivity index (χ0) is 10.0. The highest BCUT2D eigenvalue weighted by Crippen LogP contribution is 2.36. The lowest BCUT2D eigenvalue weighted by atomic mass is 9.78. The van der Waals surface area contributed by atoms with Gasteiger partial charge in [-0.05, 0) is 59.2 Å².